The average Bonchev–Trinajstić information content (AvgIpc) is 2.41. The lowest BCUT2D eigenvalue weighted by molar-refractivity contribution is -0.160. The van der Waals surface area contributed by atoms with Crippen LogP contribution in [0.3, 0.4) is 0 Å². The molecule has 0 aromatic rings. The number of hydrogen-bond acceptors (Lipinski definition) is 6. The Bertz CT molecular complexity index is 355. The molecule has 0 amide bonds. The second kappa shape index (κ2) is 7.91. The van der Waals surface area contributed by atoms with E-state index >= 15 is 0 Å². The van der Waals surface area contributed by atoms with Crippen LogP contribution in [0.5, 0.6) is 0 Å². The molecule has 1 aliphatic carbocycles. The summed E-state index contributed by atoms with van der Waals surface area (Å²) >= 11 is 0. The van der Waals surface area contributed by atoms with Gasteiger partial charge in [0.15, 0.2) is 0 Å². The molecule has 0 saturated carbocycles. The number of esters is 2. The monoisotopic (exact) mass is 270 g/mol. The van der Waals surface area contributed by atoms with Gasteiger partial charge in [-0.25, -0.2) is 0 Å². The molecule has 108 valence electrons. The maximum atomic E-state index is 12.0. The summed E-state index contributed by atoms with van der Waals surface area (Å²) in [4.78, 5) is 23.9. The Hall–Kier alpha value is -1.40. The Balaban J connectivity index is 2.69. The van der Waals surface area contributed by atoms with Gasteiger partial charge in [-0.1, -0.05) is 11.6 Å². The summed E-state index contributed by atoms with van der Waals surface area (Å²) in [6.45, 7) is 2.82. The Morgan fingerprint density at radius 3 is 2.21 bits per heavy atom. The van der Waals surface area contributed by atoms with E-state index in [0.29, 0.717) is 12.8 Å². The highest BCUT2D eigenvalue weighted by Gasteiger charge is 2.37. The van der Waals surface area contributed by atoms with Crippen LogP contribution in [0.4, 0.5) is 0 Å². The van der Waals surface area contributed by atoms with Gasteiger partial charge < -0.3 is 20.9 Å². The van der Waals surface area contributed by atoms with Crippen molar-refractivity contribution in [2.45, 2.75) is 19.8 Å². The van der Waals surface area contributed by atoms with Crippen LogP contribution in [0, 0.1) is 11.8 Å². The summed E-state index contributed by atoms with van der Waals surface area (Å²) in [5.74, 6) is -1.74. The molecule has 2 unspecified atom stereocenters. The molecule has 0 aromatic heterocycles. The van der Waals surface area contributed by atoms with E-state index in [2.05, 4.69) is 0 Å². The van der Waals surface area contributed by atoms with E-state index in [4.69, 9.17) is 20.9 Å². The van der Waals surface area contributed by atoms with Crippen molar-refractivity contribution in [2.75, 3.05) is 26.3 Å². The molecule has 0 heterocycles. The highest BCUT2D eigenvalue weighted by molar-refractivity contribution is 5.83. The molecule has 0 bridgehead atoms. The van der Waals surface area contributed by atoms with Gasteiger partial charge in [0.2, 0.25) is 0 Å². The number of rotatable bonds is 6. The van der Waals surface area contributed by atoms with Crippen LogP contribution in [-0.2, 0) is 19.1 Å². The quantitative estimate of drug-likeness (QED) is 0.518. The van der Waals surface area contributed by atoms with E-state index in [0.717, 1.165) is 5.57 Å². The predicted octanol–water partition coefficient (Wildman–Crippen LogP) is -0.0373. The minimum atomic E-state index is -0.486. The minimum Gasteiger partial charge on any atom is -0.464 e. The van der Waals surface area contributed by atoms with Gasteiger partial charge in [0.1, 0.15) is 13.2 Å². The van der Waals surface area contributed by atoms with Gasteiger partial charge >= 0.3 is 11.9 Å². The summed E-state index contributed by atoms with van der Waals surface area (Å²) in [6.07, 6.45) is 2.98. The molecule has 2 atom stereocenters. The van der Waals surface area contributed by atoms with Crippen LogP contribution in [0.25, 0.3) is 0 Å². The van der Waals surface area contributed by atoms with Gasteiger partial charge in [-0.2, -0.15) is 0 Å². The van der Waals surface area contributed by atoms with E-state index in [1.165, 1.54) is 0 Å². The summed E-state index contributed by atoms with van der Waals surface area (Å²) in [6, 6.07) is 0. The van der Waals surface area contributed by atoms with Crippen LogP contribution in [0.15, 0.2) is 11.6 Å². The maximum Gasteiger partial charge on any atom is 0.310 e. The van der Waals surface area contributed by atoms with E-state index in [1.54, 1.807) is 0 Å². The number of nitrogens with two attached hydrogens (primary N) is 2. The Morgan fingerprint density at radius 2 is 1.68 bits per heavy atom. The second-order valence-corrected chi connectivity index (χ2v) is 4.62. The van der Waals surface area contributed by atoms with Crippen LogP contribution in [0.2, 0.25) is 0 Å². The summed E-state index contributed by atoms with van der Waals surface area (Å²) in [5, 5.41) is 0. The maximum absolute atomic E-state index is 12.0. The van der Waals surface area contributed by atoms with Gasteiger partial charge in [0.25, 0.3) is 0 Å². The Labute approximate surface area is 113 Å². The highest BCUT2D eigenvalue weighted by Crippen LogP contribution is 2.31. The Morgan fingerprint density at radius 1 is 1.16 bits per heavy atom. The lowest BCUT2D eigenvalue weighted by Gasteiger charge is -2.27. The average molecular weight is 270 g/mol. The van der Waals surface area contributed by atoms with Crippen molar-refractivity contribution in [3.63, 3.8) is 0 Å². The number of carbonyl (C=O) groups excluding carboxylic acids is 2. The first kappa shape index (κ1) is 15.7. The first-order chi connectivity index (χ1) is 9.10. The third kappa shape index (κ3) is 4.65. The zero-order valence-corrected chi connectivity index (χ0v) is 11.3. The van der Waals surface area contributed by atoms with Gasteiger partial charge in [-0.05, 0) is 19.8 Å². The lowest BCUT2D eigenvalue weighted by Crippen LogP contribution is -2.35. The number of allylic oxidation sites excluding steroid dienone is 2. The normalized spacial score (nSPS) is 22.6. The SMILES string of the molecule is CC1=CCC(C(=O)OCCN)C(C(=O)OCCN)C1. The third-order valence-corrected chi connectivity index (χ3v) is 3.08. The molecule has 0 aromatic carbocycles. The minimum absolute atomic E-state index is 0.169. The fourth-order valence-electron chi connectivity index (χ4n) is 2.11. The van der Waals surface area contributed by atoms with Gasteiger partial charge in [-0.15, -0.1) is 0 Å². The van der Waals surface area contributed by atoms with Crippen LogP contribution >= 0.6 is 0 Å². The van der Waals surface area contributed by atoms with Gasteiger partial charge in [0.05, 0.1) is 11.8 Å². The third-order valence-electron chi connectivity index (χ3n) is 3.08. The molecule has 0 spiro atoms. The highest BCUT2D eigenvalue weighted by atomic mass is 16.5. The molecule has 4 N–H and O–H groups in total. The molecule has 6 nitrogen and oxygen atoms in total. The fraction of sp³-hybridized carbons (Fsp3) is 0.692. The number of carbonyl (C=O) groups is 2. The van der Waals surface area contributed by atoms with Gasteiger partial charge in [-0.3, -0.25) is 9.59 Å². The van der Waals surface area contributed by atoms with Crippen molar-refractivity contribution >= 4 is 11.9 Å². The van der Waals surface area contributed by atoms with Crippen molar-refractivity contribution in [3.8, 4) is 0 Å². The first-order valence-corrected chi connectivity index (χ1v) is 6.49. The number of ether oxygens (including phenoxy) is 2. The largest absolute Gasteiger partial charge is 0.464 e. The number of hydrogen-bond donors (Lipinski definition) is 2. The molecule has 0 saturated heterocycles. The molecular formula is C13H22N2O4. The van der Waals surface area contributed by atoms with Crippen LogP contribution in [0.1, 0.15) is 19.8 Å². The van der Waals surface area contributed by atoms with Crippen LogP contribution < -0.4 is 11.5 Å². The molecule has 0 aliphatic heterocycles. The molecule has 19 heavy (non-hydrogen) atoms. The van der Waals surface area contributed by atoms with Crippen LogP contribution in [-0.4, -0.2) is 38.2 Å². The molecule has 6 heteroatoms. The van der Waals surface area contributed by atoms with E-state index in [-0.39, 0.29) is 38.2 Å². The van der Waals surface area contributed by atoms with E-state index < -0.39 is 11.8 Å². The van der Waals surface area contributed by atoms with Crippen molar-refractivity contribution < 1.29 is 19.1 Å². The molecule has 1 rings (SSSR count). The first-order valence-electron chi connectivity index (χ1n) is 6.49. The van der Waals surface area contributed by atoms with Crippen molar-refractivity contribution in [2.24, 2.45) is 23.3 Å². The smallest absolute Gasteiger partial charge is 0.310 e. The van der Waals surface area contributed by atoms with E-state index in [1.807, 2.05) is 13.0 Å². The molecule has 1 aliphatic rings. The Kier molecular flexibility index (Phi) is 6.52. The predicted molar refractivity (Wildman–Crippen MR) is 70.0 cm³/mol. The lowest BCUT2D eigenvalue weighted by atomic mass is 9.80. The zero-order chi connectivity index (χ0) is 14.3. The zero-order valence-electron chi connectivity index (χ0n) is 11.3. The van der Waals surface area contributed by atoms with E-state index in [9.17, 15) is 9.59 Å². The molecule has 0 fully saturated rings. The molecule has 0 radical (unpaired) electrons. The molecular weight excluding hydrogens is 248 g/mol. The summed E-state index contributed by atoms with van der Waals surface area (Å²) in [7, 11) is 0. The van der Waals surface area contributed by atoms with Crippen molar-refractivity contribution in [1.29, 1.82) is 0 Å². The topological polar surface area (TPSA) is 105 Å². The van der Waals surface area contributed by atoms with Gasteiger partial charge in [0, 0.05) is 13.1 Å². The standard InChI is InChI=1S/C13H22N2O4/c1-9-2-3-10(12(16)18-6-4-14)11(8-9)13(17)19-7-5-15/h2,10-11H,3-8,14-15H2,1H3. The summed E-state index contributed by atoms with van der Waals surface area (Å²) < 4.78 is 10.1. The van der Waals surface area contributed by atoms with Crippen molar-refractivity contribution in [3.05, 3.63) is 11.6 Å². The summed E-state index contributed by atoms with van der Waals surface area (Å²) in [5.41, 5.74) is 11.7. The second-order valence-electron chi connectivity index (χ2n) is 4.62. The van der Waals surface area contributed by atoms with Crippen molar-refractivity contribution in [1.82, 2.24) is 0 Å². The fourth-order valence-corrected chi connectivity index (χ4v) is 2.11.